The summed E-state index contributed by atoms with van der Waals surface area (Å²) in [6.45, 7) is -0.283. The van der Waals surface area contributed by atoms with Crippen LogP contribution in [0.3, 0.4) is 0 Å². The summed E-state index contributed by atoms with van der Waals surface area (Å²) >= 11 is 5.83. The van der Waals surface area contributed by atoms with Gasteiger partial charge >= 0.3 is 5.97 Å². The lowest BCUT2D eigenvalue weighted by Gasteiger charge is -2.17. The standard InChI is InChI=1S/C11H12ClN3O4/c12-8-2-1-6(3-7(8)4-10(17)18)11(19)9(16)5-14-15-13/h1-3,9,11,16,19H,4-5H2,(H,17,18). The summed E-state index contributed by atoms with van der Waals surface area (Å²) < 4.78 is 0. The average Bonchev–Trinajstić information content (AvgIpc) is 2.37. The maximum absolute atomic E-state index is 10.7. The Balaban J connectivity index is 2.94. The second-order valence-corrected chi connectivity index (χ2v) is 4.25. The summed E-state index contributed by atoms with van der Waals surface area (Å²) in [5.74, 6) is -1.05. The van der Waals surface area contributed by atoms with E-state index in [9.17, 15) is 15.0 Å². The van der Waals surface area contributed by atoms with Gasteiger partial charge < -0.3 is 15.3 Å². The van der Waals surface area contributed by atoms with Gasteiger partial charge in [0, 0.05) is 9.93 Å². The van der Waals surface area contributed by atoms with E-state index < -0.39 is 18.2 Å². The Morgan fingerprint density at radius 2 is 2.16 bits per heavy atom. The fraction of sp³-hybridized carbons (Fsp3) is 0.364. The number of aliphatic hydroxyl groups excluding tert-OH is 2. The molecule has 0 spiro atoms. The molecule has 0 saturated carbocycles. The molecule has 0 saturated heterocycles. The second-order valence-electron chi connectivity index (χ2n) is 3.85. The van der Waals surface area contributed by atoms with E-state index in [0.717, 1.165) is 0 Å². The van der Waals surface area contributed by atoms with Crippen molar-refractivity contribution in [3.8, 4) is 0 Å². The summed E-state index contributed by atoms with van der Waals surface area (Å²) in [7, 11) is 0. The molecule has 0 amide bonds. The quantitative estimate of drug-likeness (QED) is 0.417. The molecular weight excluding hydrogens is 274 g/mol. The number of halogens is 1. The van der Waals surface area contributed by atoms with Crippen molar-refractivity contribution in [2.45, 2.75) is 18.6 Å². The number of hydrogen-bond acceptors (Lipinski definition) is 4. The topological polar surface area (TPSA) is 127 Å². The number of benzene rings is 1. The van der Waals surface area contributed by atoms with Gasteiger partial charge in [0.1, 0.15) is 6.10 Å². The fourth-order valence-corrected chi connectivity index (χ4v) is 1.70. The first-order valence-electron chi connectivity index (χ1n) is 5.32. The van der Waals surface area contributed by atoms with Crippen LogP contribution in [0.15, 0.2) is 23.3 Å². The van der Waals surface area contributed by atoms with Gasteiger partial charge in [-0.1, -0.05) is 28.8 Å². The number of aliphatic carboxylic acids is 1. The van der Waals surface area contributed by atoms with Crippen molar-refractivity contribution < 1.29 is 20.1 Å². The summed E-state index contributed by atoms with van der Waals surface area (Å²) in [6, 6.07) is 4.32. The fourth-order valence-electron chi connectivity index (χ4n) is 1.52. The lowest BCUT2D eigenvalue weighted by atomic mass is 10.0. The number of hydrogen-bond donors (Lipinski definition) is 3. The van der Waals surface area contributed by atoms with Crippen molar-refractivity contribution in [2.24, 2.45) is 5.11 Å². The van der Waals surface area contributed by atoms with E-state index in [4.69, 9.17) is 22.2 Å². The van der Waals surface area contributed by atoms with Gasteiger partial charge in [0.25, 0.3) is 0 Å². The van der Waals surface area contributed by atoms with E-state index >= 15 is 0 Å². The lowest BCUT2D eigenvalue weighted by Crippen LogP contribution is -2.21. The molecule has 7 nitrogen and oxygen atoms in total. The van der Waals surface area contributed by atoms with E-state index in [1.165, 1.54) is 18.2 Å². The summed E-state index contributed by atoms with van der Waals surface area (Å²) in [5, 5.41) is 31.6. The van der Waals surface area contributed by atoms with E-state index in [-0.39, 0.29) is 18.0 Å². The van der Waals surface area contributed by atoms with E-state index in [2.05, 4.69) is 10.0 Å². The Bertz CT molecular complexity index is 517. The number of carboxylic acids is 1. The molecule has 3 N–H and O–H groups in total. The predicted octanol–water partition coefficient (Wildman–Crippen LogP) is 1.67. The van der Waals surface area contributed by atoms with Crippen molar-refractivity contribution in [1.82, 2.24) is 0 Å². The van der Waals surface area contributed by atoms with E-state index in [1.807, 2.05) is 0 Å². The number of rotatable bonds is 6. The molecule has 0 heterocycles. The van der Waals surface area contributed by atoms with Gasteiger partial charge in [-0.15, -0.1) is 0 Å². The van der Waals surface area contributed by atoms with Gasteiger partial charge in [-0.3, -0.25) is 4.79 Å². The van der Waals surface area contributed by atoms with Gasteiger partial charge in [0.2, 0.25) is 0 Å². The van der Waals surface area contributed by atoms with E-state index in [0.29, 0.717) is 11.1 Å². The molecular formula is C11H12ClN3O4. The third-order valence-corrected chi connectivity index (χ3v) is 2.82. The number of aliphatic hydroxyl groups is 2. The SMILES string of the molecule is [N-]=[N+]=NCC(O)C(O)c1ccc(Cl)c(CC(=O)O)c1. The van der Waals surface area contributed by atoms with Crippen LogP contribution < -0.4 is 0 Å². The van der Waals surface area contributed by atoms with Gasteiger partial charge in [0.15, 0.2) is 0 Å². The van der Waals surface area contributed by atoms with Crippen LogP contribution in [0, 0.1) is 0 Å². The van der Waals surface area contributed by atoms with Crippen molar-refractivity contribution in [3.05, 3.63) is 44.8 Å². The third-order valence-electron chi connectivity index (χ3n) is 2.45. The van der Waals surface area contributed by atoms with E-state index in [1.54, 1.807) is 0 Å². The molecule has 2 unspecified atom stereocenters. The molecule has 2 atom stereocenters. The molecule has 1 aromatic rings. The molecule has 102 valence electrons. The smallest absolute Gasteiger partial charge is 0.307 e. The molecule has 0 aromatic heterocycles. The molecule has 0 aliphatic carbocycles. The lowest BCUT2D eigenvalue weighted by molar-refractivity contribution is -0.136. The van der Waals surface area contributed by atoms with Crippen molar-refractivity contribution >= 4 is 17.6 Å². The predicted molar refractivity (Wildman–Crippen MR) is 67.8 cm³/mol. The van der Waals surface area contributed by atoms with Crippen LogP contribution in [0.1, 0.15) is 17.2 Å². The van der Waals surface area contributed by atoms with Crippen LogP contribution in [0.4, 0.5) is 0 Å². The van der Waals surface area contributed by atoms with Crippen molar-refractivity contribution in [1.29, 1.82) is 0 Å². The second kappa shape index (κ2) is 6.96. The van der Waals surface area contributed by atoms with Crippen molar-refractivity contribution in [3.63, 3.8) is 0 Å². The minimum Gasteiger partial charge on any atom is -0.481 e. The highest BCUT2D eigenvalue weighted by molar-refractivity contribution is 6.31. The highest BCUT2D eigenvalue weighted by Crippen LogP contribution is 2.24. The van der Waals surface area contributed by atoms with Gasteiger partial charge in [-0.05, 0) is 22.7 Å². The van der Waals surface area contributed by atoms with Crippen LogP contribution in [0.2, 0.25) is 5.02 Å². The molecule has 1 rings (SSSR count). The maximum atomic E-state index is 10.7. The summed E-state index contributed by atoms with van der Waals surface area (Å²) in [6.07, 6.45) is -2.84. The van der Waals surface area contributed by atoms with Gasteiger partial charge in [-0.2, -0.15) is 0 Å². The first-order chi connectivity index (χ1) is 8.95. The largest absolute Gasteiger partial charge is 0.481 e. The zero-order valence-corrected chi connectivity index (χ0v) is 10.5. The van der Waals surface area contributed by atoms with Crippen LogP contribution >= 0.6 is 11.6 Å². The Labute approximate surface area is 113 Å². The summed E-state index contributed by atoms with van der Waals surface area (Å²) in [5.41, 5.74) is 8.77. The molecule has 0 radical (unpaired) electrons. The minimum atomic E-state index is -1.28. The van der Waals surface area contributed by atoms with Crippen LogP contribution in [0.5, 0.6) is 0 Å². The zero-order valence-electron chi connectivity index (χ0n) is 9.77. The first-order valence-corrected chi connectivity index (χ1v) is 5.70. The number of carbonyl (C=O) groups is 1. The Morgan fingerprint density at radius 3 is 2.74 bits per heavy atom. The Morgan fingerprint density at radius 1 is 1.47 bits per heavy atom. The Kier molecular flexibility index (Phi) is 5.59. The molecule has 0 aliphatic rings. The van der Waals surface area contributed by atoms with Crippen LogP contribution in [0.25, 0.3) is 10.4 Å². The normalized spacial score (nSPS) is 13.4. The first kappa shape index (κ1) is 15.3. The monoisotopic (exact) mass is 285 g/mol. The molecule has 0 bridgehead atoms. The molecule has 0 aliphatic heterocycles. The summed E-state index contributed by atoms with van der Waals surface area (Å²) in [4.78, 5) is 13.1. The van der Waals surface area contributed by atoms with Crippen molar-refractivity contribution in [2.75, 3.05) is 6.54 Å². The highest BCUT2D eigenvalue weighted by atomic mass is 35.5. The molecule has 19 heavy (non-hydrogen) atoms. The number of carboxylic acid groups (broad SMARTS) is 1. The number of nitrogens with zero attached hydrogens (tertiary/aromatic N) is 3. The van der Waals surface area contributed by atoms with Crippen LogP contribution in [-0.4, -0.2) is 33.9 Å². The minimum absolute atomic E-state index is 0.267. The zero-order chi connectivity index (χ0) is 14.4. The highest BCUT2D eigenvalue weighted by Gasteiger charge is 2.19. The molecule has 8 heteroatoms. The molecule has 1 aromatic carbocycles. The Hall–Kier alpha value is -1.79. The number of azide groups is 1. The third kappa shape index (κ3) is 4.42. The van der Waals surface area contributed by atoms with Crippen LogP contribution in [-0.2, 0) is 11.2 Å². The van der Waals surface area contributed by atoms with Gasteiger partial charge in [-0.25, -0.2) is 0 Å². The maximum Gasteiger partial charge on any atom is 0.307 e. The average molecular weight is 286 g/mol. The molecule has 0 fully saturated rings. The van der Waals surface area contributed by atoms with Gasteiger partial charge in [0.05, 0.1) is 19.1 Å².